The second-order valence-corrected chi connectivity index (χ2v) is 6.58. The Morgan fingerprint density at radius 1 is 1.21 bits per heavy atom. The van der Waals surface area contributed by atoms with E-state index in [1.165, 1.54) is 16.2 Å². The van der Waals surface area contributed by atoms with Crippen LogP contribution >= 0.6 is 11.3 Å². The summed E-state index contributed by atoms with van der Waals surface area (Å²) in [5.41, 5.74) is 1.59. The maximum absolute atomic E-state index is 12.5. The van der Waals surface area contributed by atoms with Crippen LogP contribution < -0.4 is 0 Å². The first kappa shape index (κ1) is 16.4. The summed E-state index contributed by atoms with van der Waals surface area (Å²) in [5, 5.41) is 21.8. The molecule has 1 atom stereocenters. The molecular formula is C18H17NO4S. The Labute approximate surface area is 143 Å². The van der Waals surface area contributed by atoms with Crippen molar-refractivity contribution in [2.75, 3.05) is 13.2 Å². The third kappa shape index (κ3) is 2.74. The summed E-state index contributed by atoms with van der Waals surface area (Å²) < 4.78 is 0. The predicted molar refractivity (Wildman–Crippen MR) is 91.6 cm³/mol. The van der Waals surface area contributed by atoms with Gasteiger partial charge in [0.05, 0.1) is 18.2 Å². The first-order chi connectivity index (χ1) is 11.5. The van der Waals surface area contributed by atoms with E-state index in [4.69, 9.17) is 0 Å². The minimum atomic E-state index is -0.722. The van der Waals surface area contributed by atoms with Crippen LogP contribution in [0.15, 0.2) is 47.4 Å². The van der Waals surface area contributed by atoms with Crippen LogP contribution in [0.3, 0.4) is 0 Å². The van der Waals surface area contributed by atoms with Crippen molar-refractivity contribution in [2.45, 2.75) is 13.0 Å². The molecule has 1 fully saturated rings. The number of hydrogen-bond donors (Lipinski definition) is 2. The van der Waals surface area contributed by atoms with Crippen molar-refractivity contribution in [1.29, 1.82) is 0 Å². The third-order valence-corrected chi connectivity index (χ3v) is 4.94. The molecule has 2 N–H and O–H groups in total. The number of rotatable bonds is 4. The van der Waals surface area contributed by atoms with Gasteiger partial charge < -0.3 is 15.1 Å². The number of thiophene rings is 1. The molecule has 1 amide bonds. The Hall–Kier alpha value is -2.44. The number of benzene rings is 1. The first-order valence-corrected chi connectivity index (χ1v) is 8.42. The van der Waals surface area contributed by atoms with Gasteiger partial charge in [-0.1, -0.05) is 35.9 Å². The molecule has 0 radical (unpaired) electrons. The average molecular weight is 343 g/mol. The van der Waals surface area contributed by atoms with Gasteiger partial charge in [0, 0.05) is 17.0 Å². The van der Waals surface area contributed by atoms with Gasteiger partial charge in [-0.25, -0.2) is 0 Å². The zero-order valence-corrected chi connectivity index (χ0v) is 13.9. The fourth-order valence-corrected chi connectivity index (χ4v) is 3.67. The smallest absolute Gasteiger partial charge is 0.295 e. The van der Waals surface area contributed by atoms with Crippen molar-refractivity contribution in [1.82, 2.24) is 4.90 Å². The van der Waals surface area contributed by atoms with Crippen LogP contribution in [0.2, 0.25) is 0 Å². The number of aliphatic hydroxyl groups excluding tert-OH is 2. The quantitative estimate of drug-likeness (QED) is 0.508. The van der Waals surface area contributed by atoms with Gasteiger partial charge in [0.25, 0.3) is 11.7 Å². The maximum Gasteiger partial charge on any atom is 0.295 e. The second-order valence-electron chi connectivity index (χ2n) is 5.60. The fourth-order valence-electron chi connectivity index (χ4n) is 2.83. The molecule has 0 bridgehead atoms. The molecule has 0 saturated carbocycles. The van der Waals surface area contributed by atoms with Crippen LogP contribution in [-0.2, 0) is 9.59 Å². The lowest BCUT2D eigenvalue weighted by molar-refractivity contribution is -0.140. The van der Waals surface area contributed by atoms with Gasteiger partial charge in [0.1, 0.15) is 5.76 Å². The summed E-state index contributed by atoms with van der Waals surface area (Å²) in [6, 6.07) is 10.1. The summed E-state index contributed by atoms with van der Waals surface area (Å²) >= 11 is 1.40. The second kappa shape index (κ2) is 6.59. The number of ketones is 1. The van der Waals surface area contributed by atoms with Crippen LogP contribution in [-0.4, -0.2) is 40.0 Å². The SMILES string of the molecule is Cc1ccc(C(O)=C2C(=O)C(=O)N(CCO)C2c2cccs2)cc1. The summed E-state index contributed by atoms with van der Waals surface area (Å²) in [6.45, 7) is 1.72. The lowest BCUT2D eigenvalue weighted by Crippen LogP contribution is -2.31. The topological polar surface area (TPSA) is 77.8 Å². The lowest BCUT2D eigenvalue weighted by Gasteiger charge is -2.23. The van der Waals surface area contributed by atoms with Crippen molar-refractivity contribution in [3.05, 3.63) is 63.4 Å². The molecule has 1 aromatic heterocycles. The zero-order chi connectivity index (χ0) is 17.3. The molecule has 5 nitrogen and oxygen atoms in total. The molecule has 6 heteroatoms. The fraction of sp³-hybridized carbons (Fsp3) is 0.222. The van der Waals surface area contributed by atoms with Gasteiger partial charge in [-0.05, 0) is 18.4 Å². The number of carbonyl (C=O) groups is 2. The largest absolute Gasteiger partial charge is 0.507 e. The summed E-state index contributed by atoms with van der Waals surface area (Å²) in [7, 11) is 0. The van der Waals surface area contributed by atoms with E-state index in [9.17, 15) is 19.8 Å². The van der Waals surface area contributed by atoms with Gasteiger partial charge in [0.2, 0.25) is 0 Å². The van der Waals surface area contributed by atoms with Crippen molar-refractivity contribution in [3.63, 3.8) is 0 Å². The molecule has 124 valence electrons. The van der Waals surface area contributed by atoms with E-state index in [1.54, 1.807) is 12.1 Å². The van der Waals surface area contributed by atoms with Crippen LogP contribution in [0.25, 0.3) is 5.76 Å². The Morgan fingerprint density at radius 3 is 2.50 bits per heavy atom. The van der Waals surface area contributed by atoms with Gasteiger partial charge in [-0.15, -0.1) is 11.3 Å². The molecule has 2 heterocycles. The van der Waals surface area contributed by atoms with Crippen molar-refractivity contribution in [3.8, 4) is 0 Å². The minimum Gasteiger partial charge on any atom is -0.507 e. The lowest BCUT2D eigenvalue weighted by atomic mass is 9.99. The van der Waals surface area contributed by atoms with Crippen molar-refractivity contribution < 1.29 is 19.8 Å². The number of carbonyl (C=O) groups excluding carboxylic acids is 2. The van der Waals surface area contributed by atoms with Gasteiger partial charge >= 0.3 is 0 Å². The Kier molecular flexibility index (Phi) is 4.51. The van der Waals surface area contributed by atoms with E-state index in [0.29, 0.717) is 5.56 Å². The number of β-amino-alcohol motifs (C(OH)–C–C–N with tert-alkyl or cyclic N) is 1. The number of hydrogen-bond acceptors (Lipinski definition) is 5. The molecule has 24 heavy (non-hydrogen) atoms. The monoisotopic (exact) mass is 343 g/mol. The number of aliphatic hydroxyl groups is 2. The maximum atomic E-state index is 12.5. The highest BCUT2D eigenvalue weighted by Crippen LogP contribution is 2.40. The summed E-state index contributed by atoms with van der Waals surface area (Å²) in [4.78, 5) is 26.9. The van der Waals surface area contributed by atoms with Crippen LogP contribution in [0.5, 0.6) is 0 Å². The van der Waals surface area contributed by atoms with Gasteiger partial charge in [0.15, 0.2) is 0 Å². The van der Waals surface area contributed by atoms with E-state index in [2.05, 4.69) is 0 Å². The highest BCUT2D eigenvalue weighted by Gasteiger charge is 2.46. The molecule has 1 aliphatic rings. The molecule has 0 spiro atoms. The van der Waals surface area contributed by atoms with E-state index in [1.807, 2.05) is 36.6 Å². The van der Waals surface area contributed by atoms with Crippen molar-refractivity contribution >= 4 is 28.8 Å². The van der Waals surface area contributed by atoms with E-state index in [-0.39, 0.29) is 24.5 Å². The molecule has 1 aromatic carbocycles. The summed E-state index contributed by atoms with van der Waals surface area (Å²) in [6.07, 6.45) is 0. The minimum absolute atomic E-state index is 0.0395. The van der Waals surface area contributed by atoms with Crippen LogP contribution in [0.1, 0.15) is 22.0 Å². The highest BCUT2D eigenvalue weighted by atomic mass is 32.1. The standard InChI is InChI=1S/C18H17NO4S/c1-11-4-6-12(7-5-11)16(21)14-15(13-3-2-10-24-13)19(8-9-20)18(23)17(14)22/h2-7,10,15,20-21H,8-9H2,1H3. The van der Waals surface area contributed by atoms with Gasteiger partial charge in [-0.3, -0.25) is 9.59 Å². The number of nitrogens with zero attached hydrogens (tertiary/aromatic N) is 1. The number of aryl methyl sites for hydroxylation is 1. The van der Waals surface area contributed by atoms with E-state index < -0.39 is 17.7 Å². The molecule has 1 unspecified atom stereocenters. The average Bonchev–Trinajstić information content (AvgIpc) is 3.18. The normalized spacial score (nSPS) is 19.9. The molecular weight excluding hydrogens is 326 g/mol. The molecule has 0 aliphatic carbocycles. The third-order valence-electron chi connectivity index (χ3n) is 4.02. The highest BCUT2D eigenvalue weighted by molar-refractivity contribution is 7.10. The number of Topliss-reactive ketones (excluding diaryl/α,β-unsaturated/α-hetero) is 1. The Morgan fingerprint density at radius 2 is 1.92 bits per heavy atom. The molecule has 1 aliphatic heterocycles. The Balaban J connectivity index is 2.15. The van der Waals surface area contributed by atoms with Crippen LogP contribution in [0, 0.1) is 6.92 Å². The Bertz CT molecular complexity index is 793. The van der Waals surface area contributed by atoms with Gasteiger partial charge in [-0.2, -0.15) is 0 Å². The van der Waals surface area contributed by atoms with E-state index in [0.717, 1.165) is 10.4 Å². The number of likely N-dealkylation sites (tertiary alicyclic amines) is 1. The summed E-state index contributed by atoms with van der Waals surface area (Å²) in [5.74, 6) is -1.61. The van der Waals surface area contributed by atoms with Crippen molar-refractivity contribution in [2.24, 2.45) is 0 Å². The van der Waals surface area contributed by atoms with Crippen LogP contribution in [0.4, 0.5) is 0 Å². The molecule has 3 rings (SSSR count). The predicted octanol–water partition coefficient (Wildman–Crippen LogP) is 2.47. The molecule has 1 saturated heterocycles. The first-order valence-electron chi connectivity index (χ1n) is 7.54. The molecule has 2 aromatic rings. The zero-order valence-electron chi connectivity index (χ0n) is 13.1. The number of amides is 1. The van der Waals surface area contributed by atoms with E-state index >= 15 is 0 Å².